The van der Waals surface area contributed by atoms with Gasteiger partial charge in [0.25, 0.3) is 0 Å². The van der Waals surface area contributed by atoms with Crippen LogP contribution in [0.3, 0.4) is 0 Å². The summed E-state index contributed by atoms with van der Waals surface area (Å²) in [5.41, 5.74) is 0. The van der Waals surface area contributed by atoms with Gasteiger partial charge in [0.05, 0.1) is 0 Å². The Morgan fingerprint density at radius 2 is 2.33 bits per heavy atom. The van der Waals surface area contributed by atoms with Gasteiger partial charge < -0.3 is 5.11 Å². The van der Waals surface area contributed by atoms with E-state index in [9.17, 15) is 8.78 Å². The van der Waals surface area contributed by atoms with Gasteiger partial charge >= 0.3 is 6.54 Å². The van der Waals surface area contributed by atoms with Crippen LogP contribution in [0.1, 0.15) is 0 Å². The molecule has 0 aromatic rings. The van der Waals surface area contributed by atoms with Crippen molar-refractivity contribution in [2.75, 3.05) is 6.86 Å². The first-order valence-corrected chi connectivity index (χ1v) is 1.27. The maximum absolute atomic E-state index is 10.8. The van der Waals surface area contributed by atoms with Crippen molar-refractivity contribution in [1.29, 1.82) is 0 Å². The average molecular weight is 98.0 g/mol. The van der Waals surface area contributed by atoms with E-state index in [4.69, 9.17) is 5.11 Å². The lowest BCUT2D eigenvalue weighted by Gasteiger charge is -1.92. The summed E-state index contributed by atoms with van der Waals surface area (Å²) in [5.74, 6) is 0. The number of aliphatic hydroxyl groups is 1. The third-order valence-electron chi connectivity index (χ3n) is 0.201. The van der Waals surface area contributed by atoms with Crippen molar-refractivity contribution >= 4 is 0 Å². The molecule has 1 atom stereocenters. The van der Waals surface area contributed by atoms with E-state index >= 15 is 0 Å². The molecule has 1 N–H and O–H groups in total. The lowest BCUT2D eigenvalue weighted by atomic mass is 11.3. The Labute approximate surface area is 33.3 Å². The Bertz CT molecular complexity index is 30.7. The molecule has 2 nitrogen and oxygen atoms in total. The fourth-order valence-electron chi connectivity index (χ4n) is 0.0520. The minimum absolute atomic E-state index is 1.29. The Morgan fingerprint density at radius 3 is 2.33 bits per heavy atom. The highest BCUT2D eigenvalue weighted by Crippen LogP contribution is 1.84. The minimum Gasteiger partial charge on any atom is -0.342 e. The smallest absolute Gasteiger partial charge is 0.309 e. The normalized spacial score (nSPS) is 14.5. The first-order valence-electron chi connectivity index (χ1n) is 1.27. The van der Waals surface area contributed by atoms with Gasteiger partial charge in [0, 0.05) is 0 Å². The standard InChI is InChI=1S/C2H4F2O2/c3-1-6-2(4)5/h2,5H,1H2. The van der Waals surface area contributed by atoms with Crippen molar-refractivity contribution in [2.24, 2.45) is 0 Å². The quantitative estimate of drug-likeness (QED) is 0.499. The van der Waals surface area contributed by atoms with Gasteiger partial charge in [-0.3, -0.25) is 4.74 Å². The molecule has 0 aliphatic carbocycles. The molecule has 0 aromatic heterocycles. The van der Waals surface area contributed by atoms with Crippen LogP contribution in [0.2, 0.25) is 0 Å². The van der Waals surface area contributed by atoms with E-state index in [2.05, 4.69) is 4.74 Å². The van der Waals surface area contributed by atoms with Crippen molar-refractivity contribution < 1.29 is 18.6 Å². The summed E-state index contributed by atoms with van der Waals surface area (Å²) in [7, 11) is 0. The zero-order valence-electron chi connectivity index (χ0n) is 2.90. The number of alkyl halides is 2. The number of aliphatic hydroxyl groups excluding tert-OH is 1. The van der Waals surface area contributed by atoms with Crippen LogP contribution in [0.4, 0.5) is 8.78 Å². The van der Waals surface area contributed by atoms with E-state index in [0.29, 0.717) is 0 Å². The van der Waals surface area contributed by atoms with Crippen molar-refractivity contribution in [1.82, 2.24) is 0 Å². The monoisotopic (exact) mass is 98.0 g/mol. The Balaban J connectivity index is 2.63. The lowest BCUT2D eigenvalue weighted by Crippen LogP contribution is -2.01. The zero-order valence-corrected chi connectivity index (χ0v) is 2.90. The molecule has 0 rings (SSSR count). The summed E-state index contributed by atoms with van der Waals surface area (Å²) in [6, 6.07) is 0. The van der Waals surface area contributed by atoms with Gasteiger partial charge in [0.2, 0.25) is 0 Å². The summed E-state index contributed by atoms with van der Waals surface area (Å²) >= 11 is 0. The molecule has 0 saturated carbocycles. The summed E-state index contributed by atoms with van der Waals surface area (Å²) in [4.78, 5) is 0. The van der Waals surface area contributed by atoms with Crippen LogP contribution >= 0.6 is 0 Å². The van der Waals surface area contributed by atoms with Crippen molar-refractivity contribution in [2.45, 2.75) is 6.54 Å². The second-order valence-electron chi connectivity index (χ2n) is 0.568. The highest BCUT2D eigenvalue weighted by molar-refractivity contribution is 3.97. The summed E-state index contributed by atoms with van der Waals surface area (Å²) in [5, 5.41) is 7.42. The molecule has 6 heavy (non-hydrogen) atoms. The zero-order chi connectivity index (χ0) is 4.99. The Hall–Kier alpha value is -0.220. The maximum atomic E-state index is 10.8. The van der Waals surface area contributed by atoms with Gasteiger partial charge in [-0.25, -0.2) is 4.39 Å². The number of ether oxygens (including phenoxy) is 1. The van der Waals surface area contributed by atoms with Crippen molar-refractivity contribution in [3.63, 3.8) is 0 Å². The van der Waals surface area contributed by atoms with Gasteiger partial charge in [0.15, 0.2) is 6.86 Å². The van der Waals surface area contributed by atoms with Crippen molar-refractivity contribution in [3.8, 4) is 0 Å². The summed E-state index contributed by atoms with van der Waals surface area (Å²) in [6.07, 6.45) is 0. The minimum atomic E-state index is -2.48. The first-order chi connectivity index (χ1) is 2.77. The topological polar surface area (TPSA) is 29.5 Å². The molecular weight excluding hydrogens is 94.0 g/mol. The number of halogens is 2. The van der Waals surface area contributed by atoms with E-state index < -0.39 is 13.4 Å². The van der Waals surface area contributed by atoms with Gasteiger partial charge in [-0.2, -0.15) is 4.39 Å². The summed E-state index contributed by atoms with van der Waals surface area (Å²) < 4.78 is 24.7. The van der Waals surface area contributed by atoms with Crippen molar-refractivity contribution in [3.05, 3.63) is 0 Å². The fourth-order valence-corrected chi connectivity index (χ4v) is 0.0520. The molecule has 0 aliphatic rings. The molecule has 0 fully saturated rings. The lowest BCUT2D eigenvalue weighted by molar-refractivity contribution is -0.203. The third-order valence-corrected chi connectivity index (χ3v) is 0.201. The Morgan fingerprint density at radius 1 is 1.83 bits per heavy atom. The average Bonchev–Trinajstić information content (AvgIpc) is 1.35. The molecule has 0 aromatic carbocycles. The molecule has 0 spiro atoms. The molecule has 0 aliphatic heterocycles. The fraction of sp³-hybridized carbons (Fsp3) is 1.00. The van der Waals surface area contributed by atoms with Crippen LogP contribution in [0.15, 0.2) is 0 Å². The van der Waals surface area contributed by atoms with Crippen LogP contribution < -0.4 is 0 Å². The molecule has 0 bridgehead atoms. The molecule has 4 heteroatoms. The molecule has 0 heterocycles. The van der Waals surface area contributed by atoms with Gasteiger partial charge in [-0.1, -0.05) is 0 Å². The third kappa shape index (κ3) is 3.78. The van der Waals surface area contributed by atoms with E-state index in [-0.39, 0.29) is 0 Å². The molecular formula is C2H4F2O2. The Kier molecular flexibility index (Phi) is 2.88. The SMILES string of the molecule is OC(F)OCF. The maximum Gasteiger partial charge on any atom is 0.309 e. The number of rotatable bonds is 2. The van der Waals surface area contributed by atoms with E-state index in [1.54, 1.807) is 0 Å². The molecule has 0 radical (unpaired) electrons. The van der Waals surface area contributed by atoms with Crippen LogP contribution in [0.25, 0.3) is 0 Å². The van der Waals surface area contributed by atoms with Gasteiger partial charge in [-0.15, -0.1) is 0 Å². The van der Waals surface area contributed by atoms with E-state index in [1.807, 2.05) is 0 Å². The van der Waals surface area contributed by atoms with E-state index in [0.717, 1.165) is 0 Å². The van der Waals surface area contributed by atoms with Crippen LogP contribution in [0, 0.1) is 0 Å². The van der Waals surface area contributed by atoms with Crippen LogP contribution in [-0.2, 0) is 4.74 Å². The summed E-state index contributed by atoms with van der Waals surface area (Å²) in [6.45, 7) is -3.77. The first kappa shape index (κ1) is 5.78. The predicted molar refractivity (Wildman–Crippen MR) is 14.2 cm³/mol. The molecule has 0 saturated heterocycles. The molecule has 0 amide bonds. The molecule has 38 valence electrons. The van der Waals surface area contributed by atoms with Gasteiger partial charge in [-0.05, 0) is 0 Å². The predicted octanol–water partition coefficient (Wildman–Crippen LogP) is 0.175. The number of hydrogen-bond acceptors (Lipinski definition) is 2. The van der Waals surface area contributed by atoms with Gasteiger partial charge in [0.1, 0.15) is 0 Å². The van der Waals surface area contributed by atoms with Crippen LogP contribution in [0.5, 0.6) is 0 Å². The van der Waals surface area contributed by atoms with Crippen LogP contribution in [-0.4, -0.2) is 18.5 Å². The molecule has 1 unspecified atom stereocenters. The second-order valence-corrected chi connectivity index (χ2v) is 0.568. The second kappa shape index (κ2) is 2.99. The number of hydrogen-bond donors (Lipinski definition) is 1. The largest absolute Gasteiger partial charge is 0.342 e. The highest BCUT2D eigenvalue weighted by atomic mass is 19.2. The highest BCUT2D eigenvalue weighted by Gasteiger charge is 1.93. The van der Waals surface area contributed by atoms with E-state index in [1.165, 1.54) is 0 Å².